The Bertz CT molecular complexity index is 239. The van der Waals surface area contributed by atoms with Crippen LogP contribution in [-0.4, -0.2) is 36.9 Å². The van der Waals surface area contributed by atoms with E-state index in [0.717, 1.165) is 57.8 Å². The van der Waals surface area contributed by atoms with Gasteiger partial charge in [0.1, 0.15) is 0 Å². The van der Waals surface area contributed by atoms with Crippen molar-refractivity contribution < 1.29 is 14.6 Å². The van der Waals surface area contributed by atoms with Gasteiger partial charge in [-0.25, -0.2) is 0 Å². The Morgan fingerprint density at radius 1 is 1.33 bits per heavy atom. The van der Waals surface area contributed by atoms with E-state index in [1.54, 1.807) is 6.92 Å². The van der Waals surface area contributed by atoms with Crippen molar-refractivity contribution in [1.29, 1.82) is 0 Å². The second-order valence-corrected chi connectivity index (χ2v) is 5.54. The molecule has 4 nitrogen and oxygen atoms in total. The summed E-state index contributed by atoms with van der Waals surface area (Å²) in [7, 11) is 0. The fourth-order valence-corrected chi connectivity index (χ4v) is 2.27. The molecule has 2 atom stereocenters. The Labute approximate surface area is 110 Å². The first kappa shape index (κ1) is 15.4. The molecule has 18 heavy (non-hydrogen) atoms. The average molecular weight is 257 g/mol. The maximum absolute atomic E-state index is 10.7. The van der Waals surface area contributed by atoms with Gasteiger partial charge < -0.3 is 15.2 Å². The van der Waals surface area contributed by atoms with E-state index in [9.17, 15) is 4.79 Å². The van der Waals surface area contributed by atoms with Crippen LogP contribution in [0.5, 0.6) is 0 Å². The van der Waals surface area contributed by atoms with Crippen LogP contribution in [0.1, 0.15) is 46.0 Å². The lowest BCUT2D eigenvalue weighted by molar-refractivity contribution is -0.141. The molecule has 2 unspecified atom stereocenters. The van der Waals surface area contributed by atoms with E-state index in [1.165, 1.54) is 0 Å². The molecule has 2 N–H and O–H groups in total. The van der Waals surface area contributed by atoms with Gasteiger partial charge in [0.25, 0.3) is 0 Å². The minimum Gasteiger partial charge on any atom is -0.481 e. The highest BCUT2D eigenvalue weighted by Gasteiger charge is 2.15. The van der Waals surface area contributed by atoms with Gasteiger partial charge in [0.2, 0.25) is 0 Å². The van der Waals surface area contributed by atoms with Crippen LogP contribution in [0.2, 0.25) is 0 Å². The van der Waals surface area contributed by atoms with Gasteiger partial charge in [0.15, 0.2) is 0 Å². The van der Waals surface area contributed by atoms with E-state index >= 15 is 0 Å². The van der Waals surface area contributed by atoms with Crippen molar-refractivity contribution >= 4 is 5.97 Å². The number of carboxylic acids is 1. The number of carbonyl (C=O) groups is 1. The van der Waals surface area contributed by atoms with Crippen LogP contribution in [0.25, 0.3) is 0 Å². The molecule has 0 spiro atoms. The molecule has 1 fully saturated rings. The molecule has 4 heteroatoms. The van der Waals surface area contributed by atoms with Gasteiger partial charge in [-0.05, 0) is 45.1 Å². The molecule has 1 saturated heterocycles. The highest BCUT2D eigenvalue weighted by Crippen LogP contribution is 2.14. The lowest BCUT2D eigenvalue weighted by atomic mass is 9.99. The van der Waals surface area contributed by atoms with Gasteiger partial charge in [-0.2, -0.15) is 0 Å². The van der Waals surface area contributed by atoms with Crippen LogP contribution in [0.3, 0.4) is 0 Å². The van der Waals surface area contributed by atoms with Crippen LogP contribution >= 0.6 is 0 Å². The van der Waals surface area contributed by atoms with Gasteiger partial charge in [-0.3, -0.25) is 4.79 Å². The highest BCUT2D eigenvalue weighted by molar-refractivity contribution is 5.69. The van der Waals surface area contributed by atoms with Gasteiger partial charge in [0, 0.05) is 19.3 Å². The SMILES string of the molecule is CC(CCCC(C)C(=O)O)NCC1CCOCC1. The topological polar surface area (TPSA) is 58.6 Å². The zero-order valence-electron chi connectivity index (χ0n) is 11.7. The number of hydrogen-bond acceptors (Lipinski definition) is 3. The van der Waals surface area contributed by atoms with E-state index in [1.807, 2.05) is 0 Å². The standard InChI is InChI=1S/C14H27NO3/c1-11(14(16)17)4-3-5-12(2)15-10-13-6-8-18-9-7-13/h11-13,15H,3-10H2,1-2H3,(H,16,17). The molecule has 1 aliphatic heterocycles. The van der Waals surface area contributed by atoms with Crippen LogP contribution in [-0.2, 0) is 9.53 Å². The van der Waals surface area contributed by atoms with Crippen molar-refractivity contribution in [2.75, 3.05) is 19.8 Å². The molecule has 0 aromatic rings. The molecular formula is C14H27NO3. The van der Waals surface area contributed by atoms with E-state index < -0.39 is 5.97 Å². The summed E-state index contributed by atoms with van der Waals surface area (Å²) < 4.78 is 5.34. The quantitative estimate of drug-likeness (QED) is 0.700. The Hall–Kier alpha value is -0.610. The normalized spacial score (nSPS) is 20.6. The van der Waals surface area contributed by atoms with E-state index in [0.29, 0.717) is 6.04 Å². The maximum Gasteiger partial charge on any atom is 0.306 e. The third kappa shape index (κ3) is 6.36. The van der Waals surface area contributed by atoms with Crippen LogP contribution in [0.4, 0.5) is 0 Å². The fraction of sp³-hybridized carbons (Fsp3) is 0.929. The van der Waals surface area contributed by atoms with Crippen molar-refractivity contribution in [1.82, 2.24) is 5.32 Å². The summed E-state index contributed by atoms with van der Waals surface area (Å²) in [6.07, 6.45) is 5.14. The Kier molecular flexibility index (Phi) is 7.28. The molecule has 0 aromatic heterocycles. The fourth-order valence-electron chi connectivity index (χ4n) is 2.27. The highest BCUT2D eigenvalue weighted by atomic mass is 16.5. The van der Waals surface area contributed by atoms with E-state index in [4.69, 9.17) is 9.84 Å². The van der Waals surface area contributed by atoms with Crippen LogP contribution < -0.4 is 5.32 Å². The lowest BCUT2D eigenvalue weighted by Gasteiger charge is -2.24. The van der Waals surface area contributed by atoms with Gasteiger partial charge in [-0.1, -0.05) is 13.3 Å². The van der Waals surface area contributed by atoms with Crippen molar-refractivity contribution in [3.8, 4) is 0 Å². The van der Waals surface area contributed by atoms with Gasteiger partial charge in [-0.15, -0.1) is 0 Å². The summed E-state index contributed by atoms with van der Waals surface area (Å²) >= 11 is 0. The summed E-state index contributed by atoms with van der Waals surface area (Å²) in [6.45, 7) is 6.83. The monoisotopic (exact) mass is 257 g/mol. The Morgan fingerprint density at radius 3 is 2.61 bits per heavy atom. The summed E-state index contributed by atoms with van der Waals surface area (Å²) in [5, 5.41) is 12.3. The van der Waals surface area contributed by atoms with Crippen LogP contribution in [0, 0.1) is 11.8 Å². The molecule has 0 bridgehead atoms. The third-order valence-corrected chi connectivity index (χ3v) is 3.79. The molecule has 0 amide bonds. The predicted octanol–water partition coefficient (Wildman–Crippen LogP) is 2.28. The zero-order chi connectivity index (χ0) is 13.4. The number of nitrogens with one attached hydrogen (secondary N) is 1. The summed E-state index contributed by atoms with van der Waals surface area (Å²) in [5.74, 6) is -0.148. The van der Waals surface area contributed by atoms with Crippen molar-refractivity contribution in [3.63, 3.8) is 0 Å². The Balaban J connectivity index is 2.02. The zero-order valence-corrected chi connectivity index (χ0v) is 11.7. The van der Waals surface area contributed by atoms with Crippen molar-refractivity contribution in [2.24, 2.45) is 11.8 Å². The van der Waals surface area contributed by atoms with Gasteiger partial charge in [0.05, 0.1) is 5.92 Å². The Morgan fingerprint density at radius 2 is 2.00 bits per heavy atom. The summed E-state index contributed by atoms with van der Waals surface area (Å²) in [4.78, 5) is 10.7. The van der Waals surface area contributed by atoms with Crippen LogP contribution in [0.15, 0.2) is 0 Å². The lowest BCUT2D eigenvalue weighted by Crippen LogP contribution is -2.33. The molecule has 0 aromatic carbocycles. The molecule has 0 aliphatic carbocycles. The van der Waals surface area contributed by atoms with E-state index in [2.05, 4.69) is 12.2 Å². The smallest absolute Gasteiger partial charge is 0.306 e. The number of ether oxygens (including phenoxy) is 1. The third-order valence-electron chi connectivity index (χ3n) is 3.79. The molecule has 0 saturated carbocycles. The second kappa shape index (κ2) is 8.48. The maximum atomic E-state index is 10.7. The average Bonchev–Trinajstić information content (AvgIpc) is 2.37. The summed E-state index contributed by atoms with van der Waals surface area (Å²) in [5.41, 5.74) is 0. The molecular weight excluding hydrogens is 230 g/mol. The minimum absolute atomic E-state index is 0.215. The number of carboxylic acid groups (broad SMARTS) is 1. The first-order valence-electron chi connectivity index (χ1n) is 7.13. The number of hydrogen-bond donors (Lipinski definition) is 2. The predicted molar refractivity (Wildman–Crippen MR) is 71.7 cm³/mol. The first-order valence-corrected chi connectivity index (χ1v) is 7.13. The largest absolute Gasteiger partial charge is 0.481 e. The molecule has 1 rings (SSSR count). The molecule has 1 heterocycles. The van der Waals surface area contributed by atoms with Crippen molar-refractivity contribution in [3.05, 3.63) is 0 Å². The molecule has 0 radical (unpaired) electrons. The molecule has 106 valence electrons. The van der Waals surface area contributed by atoms with E-state index in [-0.39, 0.29) is 5.92 Å². The number of aliphatic carboxylic acids is 1. The van der Waals surface area contributed by atoms with Crippen molar-refractivity contribution in [2.45, 2.75) is 52.0 Å². The second-order valence-electron chi connectivity index (χ2n) is 5.54. The first-order chi connectivity index (χ1) is 8.59. The molecule has 1 aliphatic rings. The number of rotatable bonds is 8. The summed E-state index contributed by atoms with van der Waals surface area (Å²) in [6, 6.07) is 0.480. The van der Waals surface area contributed by atoms with Gasteiger partial charge >= 0.3 is 5.97 Å². The minimum atomic E-state index is -0.683.